The third kappa shape index (κ3) is 7.86. The summed E-state index contributed by atoms with van der Waals surface area (Å²) in [5, 5.41) is 7.76. The highest BCUT2D eigenvalue weighted by molar-refractivity contribution is 6.05. The molecule has 0 saturated carbocycles. The van der Waals surface area contributed by atoms with E-state index in [4.69, 9.17) is 11.5 Å². The van der Waals surface area contributed by atoms with Crippen LogP contribution in [0.3, 0.4) is 0 Å². The normalized spacial score (nSPS) is 11.0. The van der Waals surface area contributed by atoms with Crippen molar-refractivity contribution in [2.75, 3.05) is 18.4 Å². The average Bonchev–Trinajstić information content (AvgIpc) is 2.56. The predicted molar refractivity (Wildman–Crippen MR) is 99.7 cm³/mol. The summed E-state index contributed by atoms with van der Waals surface area (Å²) in [6, 6.07) is 5.12. The lowest BCUT2D eigenvalue weighted by Gasteiger charge is -2.18. The SMILES string of the molecule is CCCCC(NC(N)=O)C(=O)Nc1ccccc1C(=O)NCCN.Cl. The van der Waals surface area contributed by atoms with Gasteiger partial charge in [0, 0.05) is 13.1 Å². The number of urea groups is 1. The smallest absolute Gasteiger partial charge is 0.312 e. The van der Waals surface area contributed by atoms with E-state index in [0.29, 0.717) is 30.8 Å². The Morgan fingerprint density at radius 1 is 1.20 bits per heavy atom. The van der Waals surface area contributed by atoms with Crippen molar-refractivity contribution in [1.82, 2.24) is 10.6 Å². The maximum Gasteiger partial charge on any atom is 0.312 e. The number of carbonyl (C=O) groups is 3. The van der Waals surface area contributed by atoms with Gasteiger partial charge >= 0.3 is 6.03 Å². The Labute approximate surface area is 153 Å². The maximum absolute atomic E-state index is 12.4. The number of carbonyl (C=O) groups excluding carboxylic acids is 3. The molecule has 1 rings (SSSR count). The molecule has 25 heavy (non-hydrogen) atoms. The zero-order valence-electron chi connectivity index (χ0n) is 14.2. The predicted octanol–water partition coefficient (Wildman–Crippen LogP) is 0.963. The van der Waals surface area contributed by atoms with Crippen LogP contribution in [0.4, 0.5) is 10.5 Å². The Kier molecular flexibility index (Phi) is 11.0. The standard InChI is InChI=1S/C16H25N5O3.ClH/c1-2-3-7-13(21-16(18)24)15(23)20-12-8-5-4-6-11(12)14(22)19-10-9-17;/h4-6,8,13H,2-3,7,9-10,17H2,1H3,(H,19,22)(H,20,23)(H3,18,21,24);1H. The van der Waals surface area contributed by atoms with E-state index in [1.165, 1.54) is 0 Å². The zero-order chi connectivity index (χ0) is 17.9. The summed E-state index contributed by atoms with van der Waals surface area (Å²) >= 11 is 0. The molecule has 0 aliphatic heterocycles. The molecule has 140 valence electrons. The number of rotatable bonds is 9. The van der Waals surface area contributed by atoms with Crippen LogP contribution in [-0.4, -0.2) is 37.0 Å². The summed E-state index contributed by atoms with van der Waals surface area (Å²) < 4.78 is 0. The molecule has 1 aromatic carbocycles. The molecule has 4 amide bonds. The third-order valence-corrected chi connectivity index (χ3v) is 3.34. The van der Waals surface area contributed by atoms with Crippen LogP contribution in [-0.2, 0) is 4.79 Å². The number of benzene rings is 1. The molecular formula is C16H26ClN5O3. The van der Waals surface area contributed by atoms with Crippen molar-refractivity contribution in [2.24, 2.45) is 11.5 Å². The molecule has 0 aliphatic carbocycles. The quantitative estimate of drug-likeness (QED) is 0.441. The number of hydrogen-bond acceptors (Lipinski definition) is 4. The van der Waals surface area contributed by atoms with E-state index < -0.39 is 18.0 Å². The highest BCUT2D eigenvalue weighted by Gasteiger charge is 2.21. The molecular weight excluding hydrogens is 346 g/mol. The molecule has 1 unspecified atom stereocenters. The van der Waals surface area contributed by atoms with Gasteiger partial charge in [-0.3, -0.25) is 9.59 Å². The molecule has 7 N–H and O–H groups in total. The summed E-state index contributed by atoms with van der Waals surface area (Å²) in [6.07, 6.45) is 2.10. The number of primary amides is 1. The first-order valence-corrected chi connectivity index (χ1v) is 7.93. The number of amides is 4. The molecule has 0 aliphatic rings. The minimum Gasteiger partial charge on any atom is -0.352 e. The maximum atomic E-state index is 12.4. The Bertz CT molecular complexity index is 583. The lowest BCUT2D eigenvalue weighted by Crippen LogP contribution is -2.46. The van der Waals surface area contributed by atoms with Crippen LogP contribution < -0.4 is 27.4 Å². The molecule has 0 saturated heterocycles. The Morgan fingerprint density at radius 3 is 2.48 bits per heavy atom. The van der Waals surface area contributed by atoms with Crippen LogP contribution in [0, 0.1) is 0 Å². The summed E-state index contributed by atoms with van der Waals surface area (Å²) in [5.74, 6) is -0.745. The van der Waals surface area contributed by atoms with Gasteiger partial charge in [-0.1, -0.05) is 31.9 Å². The molecule has 0 heterocycles. The van der Waals surface area contributed by atoms with E-state index in [1.54, 1.807) is 24.3 Å². The monoisotopic (exact) mass is 371 g/mol. The molecule has 1 atom stereocenters. The van der Waals surface area contributed by atoms with E-state index in [2.05, 4.69) is 16.0 Å². The number of para-hydroxylation sites is 1. The van der Waals surface area contributed by atoms with E-state index >= 15 is 0 Å². The van der Waals surface area contributed by atoms with Gasteiger partial charge in [0.15, 0.2) is 0 Å². The second-order valence-corrected chi connectivity index (χ2v) is 5.28. The van der Waals surface area contributed by atoms with Crippen molar-refractivity contribution < 1.29 is 14.4 Å². The number of anilines is 1. The number of unbranched alkanes of at least 4 members (excludes halogenated alkanes) is 1. The topological polar surface area (TPSA) is 139 Å². The molecule has 0 spiro atoms. The lowest BCUT2D eigenvalue weighted by molar-refractivity contribution is -0.118. The van der Waals surface area contributed by atoms with Crippen LogP contribution in [0.2, 0.25) is 0 Å². The number of hydrogen-bond donors (Lipinski definition) is 5. The summed E-state index contributed by atoms with van der Waals surface area (Å²) in [5.41, 5.74) is 11.2. The summed E-state index contributed by atoms with van der Waals surface area (Å²) in [6.45, 7) is 2.64. The summed E-state index contributed by atoms with van der Waals surface area (Å²) in [7, 11) is 0. The number of nitrogens with two attached hydrogens (primary N) is 2. The first-order chi connectivity index (χ1) is 11.5. The van der Waals surface area contributed by atoms with E-state index in [9.17, 15) is 14.4 Å². The van der Waals surface area contributed by atoms with Crippen LogP contribution in [0.1, 0.15) is 36.5 Å². The molecule has 0 fully saturated rings. The molecule has 8 nitrogen and oxygen atoms in total. The van der Waals surface area contributed by atoms with Crippen LogP contribution in [0.5, 0.6) is 0 Å². The largest absolute Gasteiger partial charge is 0.352 e. The van der Waals surface area contributed by atoms with Gasteiger partial charge in [-0.15, -0.1) is 12.4 Å². The molecule has 1 aromatic rings. The van der Waals surface area contributed by atoms with Crippen LogP contribution in [0.25, 0.3) is 0 Å². The van der Waals surface area contributed by atoms with Gasteiger partial charge in [-0.2, -0.15) is 0 Å². The average molecular weight is 372 g/mol. The van der Waals surface area contributed by atoms with Crippen molar-refractivity contribution >= 4 is 35.9 Å². The summed E-state index contributed by atoms with van der Waals surface area (Å²) in [4.78, 5) is 35.6. The van der Waals surface area contributed by atoms with Crippen molar-refractivity contribution in [1.29, 1.82) is 0 Å². The van der Waals surface area contributed by atoms with Crippen LogP contribution >= 0.6 is 12.4 Å². The number of nitrogens with one attached hydrogen (secondary N) is 3. The fourth-order valence-corrected chi connectivity index (χ4v) is 2.14. The van der Waals surface area contributed by atoms with E-state index in [-0.39, 0.29) is 18.3 Å². The Morgan fingerprint density at radius 2 is 1.88 bits per heavy atom. The van der Waals surface area contributed by atoms with Gasteiger partial charge in [0.25, 0.3) is 5.91 Å². The van der Waals surface area contributed by atoms with Crippen molar-refractivity contribution in [3.8, 4) is 0 Å². The first kappa shape index (κ1) is 22.7. The van der Waals surface area contributed by atoms with Crippen molar-refractivity contribution in [3.05, 3.63) is 29.8 Å². The van der Waals surface area contributed by atoms with Gasteiger partial charge in [-0.25, -0.2) is 4.79 Å². The lowest BCUT2D eigenvalue weighted by atomic mass is 10.1. The molecule has 9 heteroatoms. The minimum atomic E-state index is -0.764. The highest BCUT2D eigenvalue weighted by atomic mass is 35.5. The third-order valence-electron chi connectivity index (χ3n) is 3.34. The second-order valence-electron chi connectivity index (χ2n) is 5.28. The number of halogens is 1. The van der Waals surface area contributed by atoms with Gasteiger partial charge < -0.3 is 27.4 Å². The zero-order valence-corrected chi connectivity index (χ0v) is 15.0. The van der Waals surface area contributed by atoms with Gasteiger partial charge in [-0.05, 0) is 18.6 Å². The van der Waals surface area contributed by atoms with Gasteiger partial charge in [0.1, 0.15) is 6.04 Å². The first-order valence-electron chi connectivity index (χ1n) is 7.93. The molecule has 0 radical (unpaired) electrons. The van der Waals surface area contributed by atoms with Crippen molar-refractivity contribution in [3.63, 3.8) is 0 Å². The fraction of sp³-hybridized carbons (Fsp3) is 0.438. The van der Waals surface area contributed by atoms with Crippen molar-refractivity contribution in [2.45, 2.75) is 32.2 Å². The Hall–Kier alpha value is -2.32. The Balaban J connectivity index is 0.00000576. The van der Waals surface area contributed by atoms with Gasteiger partial charge in [0.2, 0.25) is 5.91 Å². The second kappa shape index (κ2) is 12.1. The van der Waals surface area contributed by atoms with Gasteiger partial charge in [0.05, 0.1) is 11.3 Å². The van der Waals surface area contributed by atoms with E-state index in [1.807, 2.05) is 6.92 Å². The van der Waals surface area contributed by atoms with E-state index in [0.717, 1.165) is 12.8 Å². The highest BCUT2D eigenvalue weighted by Crippen LogP contribution is 2.16. The molecule has 0 bridgehead atoms. The van der Waals surface area contributed by atoms with Crippen LogP contribution in [0.15, 0.2) is 24.3 Å². The molecule has 0 aromatic heterocycles. The minimum absolute atomic E-state index is 0. The fourth-order valence-electron chi connectivity index (χ4n) is 2.14.